The molecule has 0 aromatic heterocycles. The number of carbonyl (C=O) groups is 1. The molecule has 2 aromatic rings. The summed E-state index contributed by atoms with van der Waals surface area (Å²) in [5.41, 5.74) is 5.44. The highest BCUT2D eigenvalue weighted by Gasteiger charge is 2.12. The number of nitrogens with zero attached hydrogens (tertiary/aromatic N) is 1. The van der Waals surface area contributed by atoms with Crippen LogP contribution in [0.3, 0.4) is 0 Å². The lowest BCUT2D eigenvalue weighted by Gasteiger charge is -2.19. The molecule has 2 nitrogen and oxygen atoms in total. The monoisotopic (exact) mass is 281 g/mol. The van der Waals surface area contributed by atoms with Crippen LogP contribution in [0.5, 0.6) is 0 Å². The molecular formula is C19H23NO. The van der Waals surface area contributed by atoms with Gasteiger partial charge in [0.25, 0.3) is 0 Å². The van der Waals surface area contributed by atoms with Gasteiger partial charge < -0.3 is 4.90 Å². The highest BCUT2D eigenvalue weighted by atomic mass is 16.1. The Kier molecular flexibility index (Phi) is 4.79. The van der Waals surface area contributed by atoms with E-state index in [1.54, 1.807) is 0 Å². The van der Waals surface area contributed by atoms with Crippen molar-refractivity contribution in [2.45, 2.75) is 27.2 Å². The molecule has 110 valence electrons. The molecule has 0 spiro atoms. The van der Waals surface area contributed by atoms with Crippen LogP contribution >= 0.6 is 0 Å². The van der Waals surface area contributed by atoms with Gasteiger partial charge in [0.15, 0.2) is 5.78 Å². The third-order valence-electron chi connectivity index (χ3n) is 3.85. The lowest BCUT2D eigenvalue weighted by molar-refractivity contribution is 0.1000. The van der Waals surface area contributed by atoms with Crippen LogP contribution < -0.4 is 4.90 Å². The van der Waals surface area contributed by atoms with Crippen LogP contribution in [0, 0.1) is 13.8 Å². The van der Waals surface area contributed by atoms with Crippen molar-refractivity contribution in [1.29, 1.82) is 0 Å². The number of rotatable bonds is 5. The molecule has 0 heterocycles. The fraction of sp³-hybridized carbons (Fsp3) is 0.316. The first kappa shape index (κ1) is 15.3. The fourth-order valence-electron chi connectivity index (χ4n) is 2.50. The van der Waals surface area contributed by atoms with Crippen molar-refractivity contribution in [1.82, 2.24) is 0 Å². The SMILES string of the molecule is CCc1ccc(N(C)CC(=O)c2ccc(C)cc2C)cc1. The minimum atomic E-state index is 0.162. The normalized spacial score (nSPS) is 10.5. The van der Waals surface area contributed by atoms with Crippen molar-refractivity contribution in [3.05, 3.63) is 64.7 Å². The van der Waals surface area contributed by atoms with Gasteiger partial charge in [-0.25, -0.2) is 0 Å². The average Bonchev–Trinajstić information content (AvgIpc) is 2.47. The molecule has 0 aliphatic rings. The lowest BCUT2D eigenvalue weighted by Crippen LogP contribution is -2.26. The minimum absolute atomic E-state index is 0.162. The Hall–Kier alpha value is -2.09. The molecule has 0 aliphatic carbocycles. The fourth-order valence-corrected chi connectivity index (χ4v) is 2.50. The van der Waals surface area contributed by atoms with Crippen molar-refractivity contribution < 1.29 is 4.79 Å². The first-order valence-corrected chi connectivity index (χ1v) is 7.41. The molecule has 0 radical (unpaired) electrons. The Balaban J connectivity index is 2.10. The molecule has 0 fully saturated rings. The predicted molar refractivity (Wildman–Crippen MR) is 89.3 cm³/mol. The second-order valence-corrected chi connectivity index (χ2v) is 5.62. The maximum atomic E-state index is 12.4. The first-order chi connectivity index (χ1) is 10.0. The van der Waals surface area contributed by atoms with E-state index in [0.29, 0.717) is 6.54 Å². The summed E-state index contributed by atoms with van der Waals surface area (Å²) in [6.45, 7) is 6.58. The van der Waals surface area contributed by atoms with Gasteiger partial charge in [-0.2, -0.15) is 0 Å². The quantitative estimate of drug-likeness (QED) is 0.766. The van der Waals surface area contributed by atoms with Crippen LogP contribution in [0.2, 0.25) is 0 Å². The number of hydrogen-bond donors (Lipinski definition) is 0. The Morgan fingerprint density at radius 1 is 1.05 bits per heavy atom. The summed E-state index contributed by atoms with van der Waals surface area (Å²) < 4.78 is 0. The smallest absolute Gasteiger partial charge is 0.182 e. The molecule has 2 heteroatoms. The zero-order valence-corrected chi connectivity index (χ0v) is 13.3. The Bertz CT molecular complexity index is 629. The molecule has 2 rings (SSSR count). The second-order valence-electron chi connectivity index (χ2n) is 5.62. The summed E-state index contributed by atoms with van der Waals surface area (Å²) >= 11 is 0. The van der Waals surface area contributed by atoms with E-state index in [1.165, 1.54) is 11.1 Å². The van der Waals surface area contributed by atoms with Crippen molar-refractivity contribution in [3.8, 4) is 0 Å². The Labute approximate surface area is 127 Å². The van der Waals surface area contributed by atoms with Crippen LogP contribution in [-0.2, 0) is 6.42 Å². The second kappa shape index (κ2) is 6.57. The van der Waals surface area contributed by atoms with Crippen LogP contribution in [0.1, 0.15) is 34.0 Å². The van der Waals surface area contributed by atoms with Gasteiger partial charge in [0.05, 0.1) is 6.54 Å². The molecule has 0 amide bonds. The zero-order chi connectivity index (χ0) is 15.4. The van der Waals surface area contributed by atoms with Gasteiger partial charge in [-0.3, -0.25) is 4.79 Å². The average molecular weight is 281 g/mol. The molecule has 0 saturated heterocycles. The summed E-state index contributed by atoms with van der Waals surface area (Å²) in [6, 6.07) is 14.4. The molecule has 0 atom stereocenters. The van der Waals surface area contributed by atoms with E-state index in [9.17, 15) is 4.79 Å². The number of aryl methyl sites for hydroxylation is 3. The van der Waals surface area contributed by atoms with Crippen molar-refractivity contribution in [3.63, 3.8) is 0 Å². The van der Waals surface area contributed by atoms with Gasteiger partial charge in [-0.1, -0.05) is 42.8 Å². The number of anilines is 1. The molecule has 2 aromatic carbocycles. The highest BCUT2D eigenvalue weighted by Crippen LogP contribution is 2.16. The van der Waals surface area contributed by atoms with Gasteiger partial charge >= 0.3 is 0 Å². The maximum absolute atomic E-state index is 12.4. The van der Waals surface area contributed by atoms with Crippen LogP contribution in [0.15, 0.2) is 42.5 Å². The number of Topliss-reactive ketones (excluding diaryl/α,β-unsaturated/α-hetero) is 1. The van der Waals surface area contributed by atoms with Gasteiger partial charge in [-0.05, 0) is 43.5 Å². The molecule has 0 aliphatic heterocycles. The van der Waals surface area contributed by atoms with E-state index in [1.807, 2.05) is 37.9 Å². The van der Waals surface area contributed by atoms with Gasteiger partial charge in [0.1, 0.15) is 0 Å². The lowest BCUT2D eigenvalue weighted by atomic mass is 10.0. The molecule has 0 unspecified atom stereocenters. The number of benzene rings is 2. The molecular weight excluding hydrogens is 258 g/mol. The Morgan fingerprint density at radius 2 is 1.71 bits per heavy atom. The Morgan fingerprint density at radius 3 is 2.29 bits per heavy atom. The van der Waals surface area contributed by atoms with Crippen LogP contribution in [0.4, 0.5) is 5.69 Å². The van der Waals surface area contributed by atoms with E-state index in [4.69, 9.17) is 0 Å². The highest BCUT2D eigenvalue weighted by molar-refractivity contribution is 6.00. The molecule has 0 N–H and O–H groups in total. The van der Waals surface area contributed by atoms with Gasteiger partial charge in [0.2, 0.25) is 0 Å². The summed E-state index contributed by atoms with van der Waals surface area (Å²) in [7, 11) is 1.96. The summed E-state index contributed by atoms with van der Waals surface area (Å²) in [5.74, 6) is 0.162. The van der Waals surface area contributed by atoms with Gasteiger partial charge in [-0.15, -0.1) is 0 Å². The van der Waals surface area contributed by atoms with Crippen LogP contribution in [-0.4, -0.2) is 19.4 Å². The molecule has 0 bridgehead atoms. The predicted octanol–water partition coefficient (Wildman–Crippen LogP) is 4.18. The van der Waals surface area contributed by atoms with E-state index in [-0.39, 0.29) is 5.78 Å². The van der Waals surface area contributed by atoms with Gasteiger partial charge in [0, 0.05) is 18.3 Å². The largest absolute Gasteiger partial charge is 0.367 e. The molecule has 0 saturated carbocycles. The number of likely N-dealkylation sites (N-methyl/N-ethyl adjacent to an activating group) is 1. The van der Waals surface area contributed by atoms with E-state index in [0.717, 1.165) is 23.2 Å². The molecule has 21 heavy (non-hydrogen) atoms. The number of ketones is 1. The van der Waals surface area contributed by atoms with Crippen molar-refractivity contribution >= 4 is 11.5 Å². The summed E-state index contributed by atoms with van der Waals surface area (Å²) in [6.07, 6.45) is 1.03. The summed E-state index contributed by atoms with van der Waals surface area (Å²) in [4.78, 5) is 14.4. The maximum Gasteiger partial charge on any atom is 0.182 e. The van der Waals surface area contributed by atoms with E-state index >= 15 is 0 Å². The zero-order valence-electron chi connectivity index (χ0n) is 13.3. The minimum Gasteiger partial charge on any atom is -0.367 e. The van der Waals surface area contributed by atoms with E-state index in [2.05, 4.69) is 37.3 Å². The third kappa shape index (κ3) is 3.72. The third-order valence-corrected chi connectivity index (χ3v) is 3.85. The van der Waals surface area contributed by atoms with Crippen molar-refractivity contribution in [2.75, 3.05) is 18.5 Å². The topological polar surface area (TPSA) is 20.3 Å². The summed E-state index contributed by atoms with van der Waals surface area (Å²) in [5, 5.41) is 0. The number of carbonyl (C=O) groups excluding carboxylic acids is 1. The van der Waals surface area contributed by atoms with Crippen molar-refractivity contribution in [2.24, 2.45) is 0 Å². The van der Waals surface area contributed by atoms with Crippen LogP contribution in [0.25, 0.3) is 0 Å². The van der Waals surface area contributed by atoms with E-state index < -0.39 is 0 Å². The first-order valence-electron chi connectivity index (χ1n) is 7.41. The number of hydrogen-bond acceptors (Lipinski definition) is 2. The standard InChI is InChI=1S/C19H23NO/c1-5-16-7-9-17(10-8-16)20(4)13-19(21)18-11-6-14(2)12-15(18)3/h6-12H,5,13H2,1-4H3.